The third-order valence-electron chi connectivity index (χ3n) is 7.57. The van der Waals surface area contributed by atoms with Crippen LogP contribution in [0.4, 0.5) is 5.69 Å². The van der Waals surface area contributed by atoms with Crippen LogP contribution in [0.2, 0.25) is 0 Å². The molecule has 0 unspecified atom stereocenters. The quantitative estimate of drug-likeness (QED) is 0.483. The molecule has 5 heterocycles. The zero-order valence-corrected chi connectivity index (χ0v) is 18.9. The Hall–Kier alpha value is -4.13. The number of nitrogens with one attached hydrogen (secondary N) is 1. The van der Waals surface area contributed by atoms with Crippen LogP contribution in [0.3, 0.4) is 0 Å². The van der Waals surface area contributed by atoms with E-state index in [9.17, 15) is 14.4 Å². The number of carbonyl (C=O) groups is 2. The number of benzene rings is 2. The van der Waals surface area contributed by atoms with Crippen molar-refractivity contribution in [1.29, 1.82) is 0 Å². The number of rotatable bonds is 1. The second kappa shape index (κ2) is 6.47. The molecule has 2 aromatic heterocycles. The van der Waals surface area contributed by atoms with Crippen LogP contribution in [0.5, 0.6) is 0 Å². The van der Waals surface area contributed by atoms with Crippen molar-refractivity contribution in [2.45, 2.75) is 25.8 Å². The van der Waals surface area contributed by atoms with Gasteiger partial charge in [0.2, 0.25) is 5.91 Å². The van der Waals surface area contributed by atoms with Crippen LogP contribution in [-0.2, 0) is 29.6 Å². The molecule has 0 saturated carbocycles. The largest absolute Gasteiger partial charge is 0.356 e. The third-order valence-corrected chi connectivity index (χ3v) is 7.57. The molecule has 7 heteroatoms. The van der Waals surface area contributed by atoms with Crippen molar-refractivity contribution in [1.82, 2.24) is 14.0 Å². The van der Waals surface area contributed by atoms with E-state index in [0.29, 0.717) is 23.4 Å². The van der Waals surface area contributed by atoms with Gasteiger partial charge in [-0.15, -0.1) is 0 Å². The van der Waals surface area contributed by atoms with Gasteiger partial charge in [-0.3, -0.25) is 19.3 Å². The standard InChI is InChI=1S/C27H22N4O3/c1-14(32)31-13-20-24(27(31)34)22(18-12-29(2)21-8-4-7-19(28-20)23(18)21)17-11-16-6-3-5-15-9-10-30(25(15)16)26(17)33/h3-8,11-12,22,28H,9-10,13H2,1-2H3/t22-/m0/s1. The molecule has 0 aliphatic carbocycles. The fraction of sp³-hybridized carbons (Fsp3) is 0.222. The van der Waals surface area contributed by atoms with Gasteiger partial charge in [0.25, 0.3) is 11.5 Å². The highest BCUT2D eigenvalue weighted by atomic mass is 16.2. The molecule has 1 atom stereocenters. The molecule has 168 valence electrons. The number of hydrogen-bond donors (Lipinski definition) is 1. The number of pyridine rings is 1. The monoisotopic (exact) mass is 450 g/mol. The highest BCUT2D eigenvalue weighted by Gasteiger charge is 2.42. The van der Waals surface area contributed by atoms with Crippen LogP contribution >= 0.6 is 0 Å². The van der Waals surface area contributed by atoms with Crippen molar-refractivity contribution in [3.8, 4) is 0 Å². The first-order chi connectivity index (χ1) is 16.4. The van der Waals surface area contributed by atoms with Crippen molar-refractivity contribution >= 4 is 39.3 Å². The summed E-state index contributed by atoms with van der Waals surface area (Å²) in [5.41, 5.74) is 6.65. The molecular formula is C27H22N4O3. The van der Waals surface area contributed by atoms with E-state index < -0.39 is 5.92 Å². The molecule has 0 fully saturated rings. The molecule has 0 spiro atoms. The second-order valence-electron chi connectivity index (χ2n) is 9.42. The van der Waals surface area contributed by atoms with Gasteiger partial charge >= 0.3 is 0 Å². The highest BCUT2D eigenvalue weighted by molar-refractivity contribution is 6.11. The predicted octanol–water partition coefficient (Wildman–Crippen LogP) is 3.25. The molecule has 0 saturated heterocycles. The number of aromatic nitrogens is 2. The third kappa shape index (κ3) is 2.33. The molecule has 4 aromatic rings. The smallest absolute Gasteiger partial charge is 0.259 e. The molecule has 2 aromatic carbocycles. The zero-order chi connectivity index (χ0) is 23.3. The summed E-state index contributed by atoms with van der Waals surface area (Å²) < 4.78 is 3.89. The minimum atomic E-state index is -0.573. The molecule has 3 aliphatic rings. The first-order valence-electron chi connectivity index (χ1n) is 11.5. The summed E-state index contributed by atoms with van der Waals surface area (Å²) in [5, 5.41) is 5.45. The second-order valence-corrected chi connectivity index (χ2v) is 9.42. The number of carbonyl (C=O) groups excluding carboxylic acids is 2. The van der Waals surface area contributed by atoms with Crippen molar-refractivity contribution in [3.63, 3.8) is 0 Å². The molecule has 2 amide bonds. The number of amides is 2. The van der Waals surface area contributed by atoms with E-state index in [1.54, 1.807) is 0 Å². The van der Waals surface area contributed by atoms with Crippen LogP contribution in [0.15, 0.2) is 64.7 Å². The normalized spacial score (nSPS) is 18.6. The molecule has 3 aliphatic heterocycles. The van der Waals surface area contributed by atoms with Crippen LogP contribution in [-0.4, -0.2) is 32.4 Å². The van der Waals surface area contributed by atoms with Crippen molar-refractivity contribution < 1.29 is 9.59 Å². The maximum Gasteiger partial charge on any atom is 0.259 e. The van der Waals surface area contributed by atoms with Gasteiger partial charge in [0, 0.05) is 55.0 Å². The topological polar surface area (TPSA) is 76.3 Å². The summed E-state index contributed by atoms with van der Waals surface area (Å²) in [7, 11) is 1.97. The molecule has 0 bridgehead atoms. The zero-order valence-electron chi connectivity index (χ0n) is 18.9. The van der Waals surface area contributed by atoms with E-state index >= 15 is 0 Å². The van der Waals surface area contributed by atoms with Gasteiger partial charge in [-0.2, -0.15) is 0 Å². The van der Waals surface area contributed by atoms with E-state index in [1.165, 1.54) is 17.4 Å². The lowest BCUT2D eigenvalue weighted by atomic mass is 9.84. The van der Waals surface area contributed by atoms with Crippen LogP contribution < -0.4 is 10.9 Å². The average molecular weight is 450 g/mol. The van der Waals surface area contributed by atoms with E-state index in [-0.39, 0.29) is 23.9 Å². The first kappa shape index (κ1) is 19.3. The van der Waals surface area contributed by atoms with Crippen LogP contribution in [0.1, 0.15) is 29.5 Å². The van der Waals surface area contributed by atoms with Crippen LogP contribution in [0.25, 0.3) is 21.8 Å². The maximum absolute atomic E-state index is 13.9. The number of aryl methyl sites for hydroxylation is 3. The highest BCUT2D eigenvalue weighted by Crippen LogP contribution is 2.46. The van der Waals surface area contributed by atoms with Gasteiger partial charge < -0.3 is 14.5 Å². The molecule has 7 nitrogen and oxygen atoms in total. The Morgan fingerprint density at radius 1 is 1.09 bits per heavy atom. The van der Waals surface area contributed by atoms with Crippen molar-refractivity contribution in [3.05, 3.63) is 87.0 Å². The summed E-state index contributed by atoms with van der Waals surface area (Å²) in [6.45, 7) is 2.22. The Labute approximate surface area is 194 Å². The van der Waals surface area contributed by atoms with Crippen molar-refractivity contribution in [2.75, 3.05) is 11.9 Å². The van der Waals surface area contributed by atoms with Gasteiger partial charge in [0.15, 0.2) is 0 Å². The predicted molar refractivity (Wildman–Crippen MR) is 130 cm³/mol. The van der Waals surface area contributed by atoms with Gasteiger partial charge in [0.1, 0.15) is 0 Å². The Kier molecular flexibility index (Phi) is 3.68. The van der Waals surface area contributed by atoms with Gasteiger partial charge in [-0.1, -0.05) is 24.3 Å². The van der Waals surface area contributed by atoms with E-state index in [4.69, 9.17) is 0 Å². The first-order valence-corrected chi connectivity index (χ1v) is 11.5. The minimum Gasteiger partial charge on any atom is -0.356 e. The number of imide groups is 1. The number of hydrogen-bond acceptors (Lipinski definition) is 4. The van der Waals surface area contributed by atoms with E-state index in [2.05, 4.69) is 11.4 Å². The van der Waals surface area contributed by atoms with E-state index in [1.807, 2.05) is 58.8 Å². The molecule has 1 N–H and O–H groups in total. The van der Waals surface area contributed by atoms with Crippen LogP contribution in [0, 0.1) is 0 Å². The Morgan fingerprint density at radius 2 is 1.91 bits per heavy atom. The SMILES string of the molecule is CC(=O)N1CC2=C(C1=O)[C@@H](c1cc3cccc4c3n(c1=O)CC4)c1cn(C)c3cccc(c13)N2. The lowest BCUT2D eigenvalue weighted by Gasteiger charge is -2.20. The van der Waals surface area contributed by atoms with E-state index in [0.717, 1.165) is 39.5 Å². The lowest BCUT2D eigenvalue weighted by Crippen LogP contribution is -2.34. The summed E-state index contributed by atoms with van der Waals surface area (Å²) in [4.78, 5) is 41.1. The molecule has 34 heavy (non-hydrogen) atoms. The number of nitrogens with zero attached hydrogens (tertiary/aromatic N) is 3. The Bertz CT molecular complexity index is 1700. The molecular weight excluding hydrogens is 428 g/mol. The molecule has 7 rings (SSSR count). The van der Waals surface area contributed by atoms with Crippen molar-refractivity contribution in [2.24, 2.45) is 7.05 Å². The maximum atomic E-state index is 13.9. The number of para-hydroxylation sites is 1. The summed E-state index contributed by atoms with van der Waals surface area (Å²) in [5.74, 6) is -1.21. The van der Waals surface area contributed by atoms with Gasteiger partial charge in [0.05, 0.1) is 23.2 Å². The number of anilines is 1. The fourth-order valence-electron chi connectivity index (χ4n) is 6.09. The fourth-order valence-corrected chi connectivity index (χ4v) is 6.09. The van der Waals surface area contributed by atoms with Gasteiger partial charge in [-0.25, -0.2) is 0 Å². The molecule has 0 radical (unpaired) electrons. The lowest BCUT2D eigenvalue weighted by molar-refractivity contribution is -0.139. The summed E-state index contributed by atoms with van der Waals surface area (Å²) in [6, 6.07) is 14.1. The summed E-state index contributed by atoms with van der Waals surface area (Å²) >= 11 is 0. The van der Waals surface area contributed by atoms with Gasteiger partial charge in [-0.05, 0) is 41.1 Å². The Balaban J connectivity index is 1.58. The Morgan fingerprint density at radius 3 is 2.74 bits per heavy atom. The average Bonchev–Trinajstić information content (AvgIpc) is 3.46. The summed E-state index contributed by atoms with van der Waals surface area (Å²) in [6.07, 6.45) is 2.84. The minimum absolute atomic E-state index is 0.0697.